The van der Waals surface area contributed by atoms with E-state index < -0.39 is 0 Å². The number of hydrogen-bond donors (Lipinski definition) is 2. The predicted molar refractivity (Wildman–Crippen MR) is 105 cm³/mol. The number of amides is 2. The van der Waals surface area contributed by atoms with Crippen LogP contribution in [0.5, 0.6) is 11.5 Å². The van der Waals surface area contributed by atoms with Gasteiger partial charge < -0.3 is 29.4 Å². The van der Waals surface area contributed by atoms with E-state index in [2.05, 4.69) is 15.5 Å². The van der Waals surface area contributed by atoms with E-state index in [0.29, 0.717) is 13.1 Å². The number of hydrogen-bond acceptors (Lipinski definition) is 6. The summed E-state index contributed by atoms with van der Waals surface area (Å²) in [6, 6.07) is 9.49. The molecule has 1 aliphatic heterocycles. The van der Waals surface area contributed by atoms with Gasteiger partial charge in [0.1, 0.15) is 11.5 Å². The molecule has 1 aromatic heterocycles. The van der Waals surface area contributed by atoms with E-state index in [9.17, 15) is 4.79 Å². The first-order valence-electron chi connectivity index (χ1n) is 8.80. The molecule has 0 atom stereocenters. The SMILES string of the molecule is CN(C)Cc1ccc(CSCCNC(=O)NCc2ccc3c(c2)OCO3)o1. The topological polar surface area (TPSA) is 76.0 Å². The van der Waals surface area contributed by atoms with Gasteiger partial charge >= 0.3 is 6.03 Å². The molecule has 0 saturated carbocycles. The Hall–Kier alpha value is -2.32. The van der Waals surface area contributed by atoms with E-state index in [1.165, 1.54) is 0 Å². The van der Waals surface area contributed by atoms with Crippen molar-refractivity contribution in [1.82, 2.24) is 15.5 Å². The van der Waals surface area contributed by atoms with Crippen molar-refractivity contribution >= 4 is 17.8 Å². The van der Waals surface area contributed by atoms with Crippen LogP contribution in [0.1, 0.15) is 17.1 Å². The second-order valence-electron chi connectivity index (χ2n) is 6.46. The summed E-state index contributed by atoms with van der Waals surface area (Å²) in [4.78, 5) is 13.9. The molecule has 1 aromatic carbocycles. The number of furan rings is 1. The van der Waals surface area contributed by atoms with Gasteiger partial charge in [-0.1, -0.05) is 6.07 Å². The molecule has 0 spiro atoms. The van der Waals surface area contributed by atoms with Crippen LogP contribution in [-0.2, 0) is 18.8 Å². The second kappa shape index (κ2) is 9.57. The highest BCUT2D eigenvalue weighted by Crippen LogP contribution is 2.32. The predicted octanol–water partition coefficient (Wildman–Crippen LogP) is 2.80. The molecule has 3 rings (SSSR count). The van der Waals surface area contributed by atoms with Crippen LogP contribution in [0.15, 0.2) is 34.7 Å². The van der Waals surface area contributed by atoms with Gasteiger partial charge in [0.25, 0.3) is 0 Å². The van der Waals surface area contributed by atoms with Crippen LogP contribution in [0, 0.1) is 0 Å². The van der Waals surface area contributed by atoms with E-state index in [-0.39, 0.29) is 12.8 Å². The van der Waals surface area contributed by atoms with Gasteiger partial charge in [0.2, 0.25) is 6.79 Å². The minimum atomic E-state index is -0.181. The number of rotatable bonds is 9. The van der Waals surface area contributed by atoms with Gasteiger partial charge in [-0.25, -0.2) is 4.79 Å². The van der Waals surface area contributed by atoms with E-state index >= 15 is 0 Å². The van der Waals surface area contributed by atoms with Crippen molar-refractivity contribution in [2.75, 3.05) is 33.2 Å². The summed E-state index contributed by atoms with van der Waals surface area (Å²) in [6.07, 6.45) is 0. The van der Waals surface area contributed by atoms with Crippen molar-refractivity contribution < 1.29 is 18.7 Å². The van der Waals surface area contributed by atoms with Gasteiger partial charge in [-0.3, -0.25) is 0 Å². The molecule has 0 saturated heterocycles. The fraction of sp³-hybridized carbons (Fsp3) is 0.421. The van der Waals surface area contributed by atoms with Gasteiger partial charge in [-0.2, -0.15) is 11.8 Å². The van der Waals surface area contributed by atoms with E-state index in [4.69, 9.17) is 13.9 Å². The van der Waals surface area contributed by atoms with Gasteiger partial charge in [0.05, 0.1) is 12.3 Å². The van der Waals surface area contributed by atoms with Crippen molar-refractivity contribution in [3.05, 3.63) is 47.4 Å². The molecule has 1 aliphatic rings. The molecule has 8 heteroatoms. The number of carbonyl (C=O) groups excluding carboxylic acids is 1. The van der Waals surface area contributed by atoms with Crippen LogP contribution in [0.4, 0.5) is 4.79 Å². The Morgan fingerprint density at radius 2 is 1.93 bits per heavy atom. The zero-order chi connectivity index (χ0) is 19.1. The molecule has 0 fully saturated rings. The molecular formula is C19H25N3O4S. The number of fused-ring (bicyclic) bond motifs is 1. The summed E-state index contributed by atoms with van der Waals surface area (Å²) in [5.74, 6) is 5.01. The Balaban J connectivity index is 1.28. The van der Waals surface area contributed by atoms with Crippen molar-refractivity contribution in [1.29, 1.82) is 0 Å². The number of ether oxygens (including phenoxy) is 2. The van der Waals surface area contributed by atoms with Crippen LogP contribution in [0.25, 0.3) is 0 Å². The van der Waals surface area contributed by atoms with Crippen molar-refractivity contribution in [2.45, 2.75) is 18.8 Å². The molecular weight excluding hydrogens is 366 g/mol. The molecule has 7 nitrogen and oxygen atoms in total. The fourth-order valence-corrected chi connectivity index (χ4v) is 3.35. The molecule has 0 unspecified atom stereocenters. The van der Waals surface area contributed by atoms with Crippen molar-refractivity contribution in [3.63, 3.8) is 0 Å². The first-order valence-corrected chi connectivity index (χ1v) is 9.96. The Bertz CT molecular complexity index is 763. The number of carbonyl (C=O) groups is 1. The van der Waals surface area contributed by atoms with E-state index in [1.54, 1.807) is 11.8 Å². The maximum absolute atomic E-state index is 11.9. The molecule has 2 aromatic rings. The standard InChI is InChI=1S/C19H25N3O4S/c1-22(2)11-15-4-5-16(26-15)12-27-8-7-20-19(23)21-10-14-3-6-17-18(9-14)25-13-24-17/h3-6,9H,7-8,10-13H2,1-2H3,(H2,20,21,23). The molecule has 0 bridgehead atoms. The summed E-state index contributed by atoms with van der Waals surface area (Å²) < 4.78 is 16.4. The van der Waals surface area contributed by atoms with Crippen molar-refractivity contribution in [3.8, 4) is 11.5 Å². The number of thioether (sulfide) groups is 1. The number of urea groups is 1. The van der Waals surface area contributed by atoms with Gasteiger partial charge in [-0.15, -0.1) is 0 Å². The third-order valence-corrected chi connectivity index (χ3v) is 4.84. The Morgan fingerprint density at radius 1 is 1.11 bits per heavy atom. The third kappa shape index (κ3) is 6.11. The normalized spacial score (nSPS) is 12.4. The maximum Gasteiger partial charge on any atom is 0.315 e. The van der Waals surface area contributed by atoms with Crippen LogP contribution in [0.2, 0.25) is 0 Å². The lowest BCUT2D eigenvalue weighted by atomic mass is 10.2. The summed E-state index contributed by atoms with van der Waals surface area (Å²) in [6.45, 7) is 2.09. The van der Waals surface area contributed by atoms with Crippen LogP contribution >= 0.6 is 11.8 Å². The number of nitrogens with zero attached hydrogens (tertiary/aromatic N) is 1. The summed E-state index contributed by atoms with van der Waals surface area (Å²) >= 11 is 1.73. The second-order valence-corrected chi connectivity index (χ2v) is 7.56. The van der Waals surface area contributed by atoms with Gasteiger partial charge in [-0.05, 0) is 43.9 Å². The quantitative estimate of drug-likeness (QED) is 0.640. The zero-order valence-corrected chi connectivity index (χ0v) is 16.4. The molecule has 27 heavy (non-hydrogen) atoms. The number of nitrogens with one attached hydrogen (secondary N) is 2. The summed E-state index contributed by atoms with van der Waals surface area (Å²) in [7, 11) is 4.03. The largest absolute Gasteiger partial charge is 0.464 e. The Labute approximate surface area is 163 Å². The average Bonchev–Trinajstić information content (AvgIpc) is 3.27. The molecule has 2 amide bonds. The van der Waals surface area contributed by atoms with Gasteiger partial charge in [0, 0.05) is 18.8 Å². The first-order chi connectivity index (χ1) is 13.1. The number of benzene rings is 1. The average molecular weight is 391 g/mol. The van der Waals surface area contributed by atoms with Crippen LogP contribution < -0.4 is 20.1 Å². The first kappa shape index (κ1) is 19.4. The molecule has 0 radical (unpaired) electrons. The lowest BCUT2D eigenvalue weighted by molar-refractivity contribution is 0.174. The zero-order valence-electron chi connectivity index (χ0n) is 15.6. The third-order valence-electron chi connectivity index (χ3n) is 3.86. The summed E-state index contributed by atoms with van der Waals surface area (Å²) in [5.41, 5.74) is 0.968. The minimum Gasteiger partial charge on any atom is -0.464 e. The highest BCUT2D eigenvalue weighted by Gasteiger charge is 2.13. The molecule has 2 N–H and O–H groups in total. The van der Waals surface area contributed by atoms with E-state index in [1.807, 2.05) is 44.4 Å². The molecule has 0 aliphatic carbocycles. The summed E-state index contributed by atoms with van der Waals surface area (Å²) in [5, 5.41) is 5.70. The molecule has 146 valence electrons. The highest BCUT2D eigenvalue weighted by molar-refractivity contribution is 7.98. The molecule has 2 heterocycles. The minimum absolute atomic E-state index is 0.181. The van der Waals surface area contributed by atoms with Crippen molar-refractivity contribution in [2.24, 2.45) is 0 Å². The van der Waals surface area contributed by atoms with Gasteiger partial charge in [0.15, 0.2) is 11.5 Å². The lowest BCUT2D eigenvalue weighted by Crippen LogP contribution is -2.36. The monoisotopic (exact) mass is 391 g/mol. The maximum atomic E-state index is 11.9. The van der Waals surface area contributed by atoms with Crippen LogP contribution in [-0.4, -0.2) is 44.1 Å². The van der Waals surface area contributed by atoms with Crippen LogP contribution in [0.3, 0.4) is 0 Å². The van der Waals surface area contributed by atoms with E-state index in [0.717, 1.165) is 46.6 Å². The highest BCUT2D eigenvalue weighted by atomic mass is 32.2. The lowest BCUT2D eigenvalue weighted by Gasteiger charge is -2.08. The smallest absolute Gasteiger partial charge is 0.315 e. The fourth-order valence-electron chi connectivity index (χ4n) is 2.60. The Kier molecular flexibility index (Phi) is 6.89. The Morgan fingerprint density at radius 3 is 2.78 bits per heavy atom.